The van der Waals surface area contributed by atoms with Gasteiger partial charge in [0.15, 0.2) is 0 Å². The minimum absolute atomic E-state index is 0.704. The number of nitriles is 1. The Hall–Kier alpha value is -0.660. The molecule has 0 radical (unpaired) electrons. The lowest BCUT2D eigenvalue weighted by molar-refractivity contribution is 0.745. The summed E-state index contributed by atoms with van der Waals surface area (Å²) in [6.07, 6.45) is 6.02. The molecule has 1 fully saturated rings. The van der Waals surface area contributed by atoms with Gasteiger partial charge in [-0.05, 0) is 59.6 Å². The molecular formula is C14H17BrN2S. The lowest BCUT2D eigenvalue weighted by Crippen LogP contribution is -2.24. The molecule has 2 rings (SSSR count). The van der Waals surface area contributed by atoms with Gasteiger partial charge in [0.25, 0.3) is 0 Å². The summed E-state index contributed by atoms with van der Waals surface area (Å²) in [6.45, 7) is 2.24. The first kappa shape index (κ1) is 13.8. The van der Waals surface area contributed by atoms with Crippen molar-refractivity contribution in [3.05, 3.63) is 28.2 Å². The van der Waals surface area contributed by atoms with Crippen LogP contribution in [0.3, 0.4) is 0 Å². The van der Waals surface area contributed by atoms with Gasteiger partial charge < -0.3 is 4.90 Å². The minimum atomic E-state index is 0.704. The maximum Gasteiger partial charge on any atom is 0.100 e. The van der Waals surface area contributed by atoms with Gasteiger partial charge in [0.2, 0.25) is 0 Å². The van der Waals surface area contributed by atoms with E-state index in [9.17, 15) is 0 Å². The summed E-state index contributed by atoms with van der Waals surface area (Å²) >= 11 is 5.45. The summed E-state index contributed by atoms with van der Waals surface area (Å²) in [5.41, 5.74) is 1.93. The van der Waals surface area contributed by atoms with Crippen LogP contribution < -0.4 is 4.90 Å². The van der Waals surface area contributed by atoms with Crippen molar-refractivity contribution in [2.24, 2.45) is 0 Å². The van der Waals surface area contributed by atoms with Crippen molar-refractivity contribution in [2.75, 3.05) is 24.2 Å². The van der Waals surface area contributed by atoms with Crippen molar-refractivity contribution in [1.29, 1.82) is 5.26 Å². The number of thioether (sulfide) groups is 1. The number of hydrogen-bond donors (Lipinski definition) is 0. The molecule has 0 N–H and O–H groups in total. The van der Waals surface area contributed by atoms with Crippen LogP contribution in [0.2, 0.25) is 0 Å². The fourth-order valence-corrected chi connectivity index (χ4v) is 3.55. The Balaban J connectivity index is 2.12. The largest absolute Gasteiger partial charge is 0.371 e. The molecule has 18 heavy (non-hydrogen) atoms. The Morgan fingerprint density at radius 2 is 2.22 bits per heavy atom. The van der Waals surface area contributed by atoms with E-state index in [-0.39, 0.29) is 0 Å². The van der Waals surface area contributed by atoms with Crippen LogP contribution in [0.4, 0.5) is 5.69 Å². The SMILES string of the molecule is CSC1CCCN(c2ccc(C#N)c(Br)c2)CC1. The van der Waals surface area contributed by atoms with Crippen molar-refractivity contribution < 1.29 is 0 Å². The van der Waals surface area contributed by atoms with Crippen molar-refractivity contribution in [3.63, 3.8) is 0 Å². The van der Waals surface area contributed by atoms with E-state index < -0.39 is 0 Å². The Morgan fingerprint density at radius 1 is 1.39 bits per heavy atom. The van der Waals surface area contributed by atoms with Gasteiger partial charge in [0.1, 0.15) is 6.07 Å². The molecule has 96 valence electrons. The van der Waals surface area contributed by atoms with Crippen molar-refractivity contribution >= 4 is 33.4 Å². The Labute approximate surface area is 121 Å². The quantitative estimate of drug-likeness (QED) is 0.821. The molecule has 1 aliphatic rings. The second kappa shape index (κ2) is 6.49. The predicted molar refractivity (Wildman–Crippen MR) is 82.2 cm³/mol. The van der Waals surface area contributed by atoms with E-state index in [0.717, 1.165) is 22.8 Å². The molecule has 0 bridgehead atoms. The summed E-state index contributed by atoms with van der Waals surface area (Å²) in [5, 5.41) is 9.74. The number of benzene rings is 1. The third-order valence-electron chi connectivity index (χ3n) is 3.45. The highest BCUT2D eigenvalue weighted by Gasteiger charge is 2.16. The molecular weight excluding hydrogens is 308 g/mol. The van der Waals surface area contributed by atoms with Crippen LogP contribution in [0.1, 0.15) is 24.8 Å². The summed E-state index contributed by atoms with van der Waals surface area (Å²) < 4.78 is 0.896. The highest BCUT2D eigenvalue weighted by Crippen LogP contribution is 2.28. The fraction of sp³-hybridized carbons (Fsp3) is 0.500. The topological polar surface area (TPSA) is 27.0 Å². The first-order chi connectivity index (χ1) is 8.74. The Kier molecular flexibility index (Phi) is 4.96. The maximum atomic E-state index is 8.93. The molecule has 1 heterocycles. The lowest BCUT2D eigenvalue weighted by Gasteiger charge is -2.23. The number of nitrogens with zero attached hydrogens (tertiary/aromatic N) is 2. The highest BCUT2D eigenvalue weighted by molar-refractivity contribution is 9.10. The zero-order chi connectivity index (χ0) is 13.0. The summed E-state index contributed by atoms with van der Waals surface area (Å²) in [4.78, 5) is 2.43. The van der Waals surface area contributed by atoms with E-state index >= 15 is 0 Å². The van der Waals surface area contributed by atoms with Crippen LogP contribution in [0, 0.1) is 11.3 Å². The molecule has 1 atom stereocenters. The van der Waals surface area contributed by atoms with Crippen LogP contribution >= 0.6 is 27.7 Å². The van der Waals surface area contributed by atoms with E-state index in [1.165, 1.54) is 24.9 Å². The van der Waals surface area contributed by atoms with Gasteiger partial charge in [-0.25, -0.2) is 0 Å². The van der Waals surface area contributed by atoms with Gasteiger partial charge in [-0.15, -0.1) is 0 Å². The van der Waals surface area contributed by atoms with Gasteiger partial charge >= 0.3 is 0 Å². The monoisotopic (exact) mass is 324 g/mol. The summed E-state index contributed by atoms with van der Waals surface area (Å²) in [7, 11) is 0. The molecule has 0 saturated carbocycles. The molecule has 1 aliphatic heterocycles. The number of hydrogen-bond acceptors (Lipinski definition) is 3. The Bertz CT molecular complexity index is 456. The number of halogens is 1. The fourth-order valence-electron chi connectivity index (χ4n) is 2.35. The third-order valence-corrected chi connectivity index (χ3v) is 5.24. The van der Waals surface area contributed by atoms with Crippen LogP contribution in [-0.4, -0.2) is 24.6 Å². The molecule has 1 aromatic rings. The van der Waals surface area contributed by atoms with Gasteiger partial charge in [0.05, 0.1) is 5.56 Å². The van der Waals surface area contributed by atoms with Gasteiger partial charge in [-0.3, -0.25) is 0 Å². The normalized spacial score (nSPS) is 20.3. The second-order valence-corrected chi connectivity index (χ2v) is 6.54. The first-order valence-electron chi connectivity index (χ1n) is 6.22. The average Bonchev–Trinajstić information content (AvgIpc) is 2.63. The molecule has 0 aromatic heterocycles. The van der Waals surface area contributed by atoms with Crippen molar-refractivity contribution in [2.45, 2.75) is 24.5 Å². The van der Waals surface area contributed by atoms with Crippen LogP contribution in [0.5, 0.6) is 0 Å². The standard InChI is InChI=1S/C14H17BrN2S/c1-18-13-3-2-7-17(8-6-13)12-5-4-11(10-16)14(15)9-12/h4-5,9,13H,2-3,6-8H2,1H3. The van der Waals surface area contributed by atoms with Gasteiger partial charge in [0, 0.05) is 28.5 Å². The molecule has 1 saturated heterocycles. The molecule has 0 spiro atoms. The van der Waals surface area contributed by atoms with Crippen LogP contribution in [-0.2, 0) is 0 Å². The number of rotatable bonds is 2. The lowest BCUT2D eigenvalue weighted by atomic mass is 10.2. The highest BCUT2D eigenvalue weighted by atomic mass is 79.9. The second-order valence-electron chi connectivity index (χ2n) is 4.55. The van der Waals surface area contributed by atoms with E-state index in [2.05, 4.69) is 45.3 Å². The molecule has 0 amide bonds. The maximum absolute atomic E-state index is 8.93. The van der Waals surface area contributed by atoms with Crippen molar-refractivity contribution in [3.8, 4) is 6.07 Å². The average molecular weight is 325 g/mol. The van der Waals surface area contributed by atoms with E-state index in [1.807, 2.05) is 17.8 Å². The smallest absolute Gasteiger partial charge is 0.100 e. The first-order valence-corrected chi connectivity index (χ1v) is 8.30. The zero-order valence-electron chi connectivity index (χ0n) is 10.5. The molecule has 2 nitrogen and oxygen atoms in total. The van der Waals surface area contributed by atoms with Crippen LogP contribution in [0.15, 0.2) is 22.7 Å². The van der Waals surface area contributed by atoms with Gasteiger partial charge in [-0.2, -0.15) is 17.0 Å². The summed E-state index contributed by atoms with van der Waals surface area (Å²) in [6, 6.07) is 8.21. The van der Waals surface area contributed by atoms with Gasteiger partial charge in [-0.1, -0.05) is 0 Å². The van der Waals surface area contributed by atoms with Crippen LogP contribution in [0.25, 0.3) is 0 Å². The number of anilines is 1. The summed E-state index contributed by atoms with van der Waals surface area (Å²) in [5.74, 6) is 0. The van der Waals surface area contributed by atoms with E-state index in [1.54, 1.807) is 0 Å². The molecule has 1 aromatic carbocycles. The third kappa shape index (κ3) is 3.21. The minimum Gasteiger partial charge on any atom is -0.371 e. The zero-order valence-corrected chi connectivity index (χ0v) is 12.9. The predicted octanol–water partition coefficient (Wildman–Crippen LogP) is 4.04. The molecule has 0 aliphatic carbocycles. The van der Waals surface area contributed by atoms with E-state index in [4.69, 9.17) is 5.26 Å². The van der Waals surface area contributed by atoms with E-state index in [0.29, 0.717) is 5.56 Å². The molecule has 4 heteroatoms. The molecule has 1 unspecified atom stereocenters. The Morgan fingerprint density at radius 3 is 2.89 bits per heavy atom. The van der Waals surface area contributed by atoms with Crippen molar-refractivity contribution in [1.82, 2.24) is 0 Å².